The van der Waals surface area contributed by atoms with Crippen LogP contribution in [0.4, 0.5) is 0 Å². The molecule has 0 aromatic carbocycles. The summed E-state index contributed by atoms with van der Waals surface area (Å²) in [5.74, 6) is 1.34. The van der Waals surface area contributed by atoms with E-state index in [9.17, 15) is 0 Å². The van der Waals surface area contributed by atoms with Gasteiger partial charge in [0.1, 0.15) is 0 Å². The average molecular weight is 260 g/mol. The Labute approximate surface area is 113 Å². The van der Waals surface area contributed by atoms with E-state index in [0.717, 1.165) is 24.0 Å². The Morgan fingerprint density at radius 3 is 2.79 bits per heavy atom. The number of nitrogens with two attached hydrogens (primary N) is 1. The summed E-state index contributed by atoms with van der Waals surface area (Å²) < 4.78 is 5.37. The van der Waals surface area contributed by atoms with Gasteiger partial charge in [-0.1, -0.05) is 19.0 Å². The van der Waals surface area contributed by atoms with E-state index in [1.807, 2.05) is 19.2 Å². The van der Waals surface area contributed by atoms with E-state index >= 15 is 0 Å². The minimum Gasteiger partial charge on any atom is -0.339 e. The van der Waals surface area contributed by atoms with Crippen LogP contribution in [0.15, 0.2) is 23.0 Å². The third-order valence-electron chi connectivity index (χ3n) is 3.36. The van der Waals surface area contributed by atoms with Gasteiger partial charge in [0.25, 0.3) is 0 Å². The SMILES string of the molecule is CCc1cnccc1-c1noc(C(CC)C(C)N)n1. The van der Waals surface area contributed by atoms with E-state index in [4.69, 9.17) is 10.3 Å². The molecule has 102 valence electrons. The molecular formula is C14H20N4O. The van der Waals surface area contributed by atoms with Gasteiger partial charge in [-0.05, 0) is 31.4 Å². The van der Waals surface area contributed by atoms with Crippen LogP contribution in [0.2, 0.25) is 0 Å². The quantitative estimate of drug-likeness (QED) is 0.893. The fraction of sp³-hybridized carbons (Fsp3) is 0.500. The van der Waals surface area contributed by atoms with Crippen molar-refractivity contribution >= 4 is 0 Å². The molecule has 0 aliphatic rings. The standard InChI is InChI=1S/C14H20N4O/c1-4-10-8-16-7-6-12(10)13-17-14(19-18-13)11(5-2)9(3)15/h6-9,11H,4-5,15H2,1-3H3. The molecule has 2 aromatic rings. The Balaban J connectivity index is 2.35. The number of hydrogen-bond donors (Lipinski definition) is 1. The van der Waals surface area contributed by atoms with Crippen molar-refractivity contribution < 1.29 is 4.52 Å². The Morgan fingerprint density at radius 1 is 1.37 bits per heavy atom. The Kier molecular flexibility index (Phi) is 4.27. The summed E-state index contributed by atoms with van der Waals surface area (Å²) in [4.78, 5) is 8.62. The number of aromatic nitrogens is 3. The first kappa shape index (κ1) is 13.7. The maximum absolute atomic E-state index is 5.95. The third kappa shape index (κ3) is 2.81. The minimum absolute atomic E-state index is 0.00128. The average Bonchev–Trinajstić information content (AvgIpc) is 2.88. The molecule has 2 heterocycles. The smallest absolute Gasteiger partial charge is 0.231 e. The van der Waals surface area contributed by atoms with Crippen molar-refractivity contribution in [3.05, 3.63) is 29.9 Å². The lowest BCUT2D eigenvalue weighted by Crippen LogP contribution is -2.24. The van der Waals surface area contributed by atoms with Crippen molar-refractivity contribution in [2.75, 3.05) is 0 Å². The molecule has 2 atom stereocenters. The lowest BCUT2D eigenvalue weighted by molar-refractivity contribution is 0.334. The number of rotatable bonds is 5. The van der Waals surface area contributed by atoms with Gasteiger partial charge in [-0.3, -0.25) is 4.98 Å². The first-order valence-corrected chi connectivity index (χ1v) is 6.69. The van der Waals surface area contributed by atoms with Crippen LogP contribution in [-0.2, 0) is 6.42 Å². The first-order chi connectivity index (χ1) is 9.17. The predicted octanol–water partition coefficient (Wildman–Crippen LogP) is 2.53. The molecule has 0 aliphatic heterocycles. The van der Waals surface area contributed by atoms with Crippen LogP contribution in [0, 0.1) is 0 Å². The molecule has 0 fully saturated rings. The van der Waals surface area contributed by atoms with Crippen molar-refractivity contribution in [3.63, 3.8) is 0 Å². The van der Waals surface area contributed by atoms with Gasteiger partial charge >= 0.3 is 0 Å². The predicted molar refractivity (Wildman–Crippen MR) is 73.6 cm³/mol. The summed E-state index contributed by atoms with van der Waals surface area (Å²) in [7, 11) is 0. The molecule has 19 heavy (non-hydrogen) atoms. The Morgan fingerprint density at radius 2 is 2.16 bits per heavy atom. The summed E-state index contributed by atoms with van der Waals surface area (Å²) in [6.45, 7) is 6.11. The summed E-state index contributed by atoms with van der Waals surface area (Å²) >= 11 is 0. The topological polar surface area (TPSA) is 77.8 Å². The van der Waals surface area contributed by atoms with E-state index in [1.165, 1.54) is 0 Å². The van der Waals surface area contributed by atoms with Crippen LogP contribution in [0.1, 0.15) is 44.6 Å². The van der Waals surface area contributed by atoms with E-state index in [0.29, 0.717) is 11.7 Å². The maximum atomic E-state index is 5.95. The molecule has 0 saturated carbocycles. The number of hydrogen-bond acceptors (Lipinski definition) is 5. The molecule has 2 unspecified atom stereocenters. The van der Waals surface area contributed by atoms with Crippen molar-refractivity contribution in [2.24, 2.45) is 5.73 Å². The number of nitrogens with zero attached hydrogens (tertiary/aromatic N) is 3. The second kappa shape index (κ2) is 5.93. The van der Waals surface area contributed by atoms with Gasteiger partial charge in [-0.2, -0.15) is 4.98 Å². The van der Waals surface area contributed by atoms with Crippen LogP contribution in [0.3, 0.4) is 0 Å². The molecule has 0 amide bonds. The lowest BCUT2D eigenvalue weighted by atomic mass is 9.99. The highest BCUT2D eigenvalue weighted by molar-refractivity contribution is 5.58. The van der Waals surface area contributed by atoms with E-state index in [-0.39, 0.29) is 12.0 Å². The molecule has 0 radical (unpaired) electrons. The Bertz CT molecular complexity index is 536. The zero-order valence-electron chi connectivity index (χ0n) is 11.6. The fourth-order valence-corrected chi connectivity index (χ4v) is 2.19. The monoisotopic (exact) mass is 260 g/mol. The van der Waals surface area contributed by atoms with Crippen molar-refractivity contribution in [1.29, 1.82) is 0 Å². The van der Waals surface area contributed by atoms with Gasteiger partial charge in [0, 0.05) is 24.0 Å². The highest BCUT2D eigenvalue weighted by atomic mass is 16.5. The van der Waals surface area contributed by atoms with Gasteiger partial charge < -0.3 is 10.3 Å². The summed E-state index contributed by atoms with van der Waals surface area (Å²) in [5.41, 5.74) is 8.04. The molecule has 0 spiro atoms. The molecule has 0 bridgehead atoms. The number of pyridine rings is 1. The molecule has 0 saturated heterocycles. The van der Waals surface area contributed by atoms with Crippen LogP contribution in [0.25, 0.3) is 11.4 Å². The highest BCUT2D eigenvalue weighted by Crippen LogP contribution is 2.25. The van der Waals surface area contributed by atoms with Crippen molar-refractivity contribution in [3.8, 4) is 11.4 Å². The molecule has 5 nitrogen and oxygen atoms in total. The molecule has 5 heteroatoms. The minimum atomic E-state index is 0.00128. The zero-order chi connectivity index (χ0) is 13.8. The van der Waals surface area contributed by atoms with Crippen LogP contribution >= 0.6 is 0 Å². The fourth-order valence-electron chi connectivity index (χ4n) is 2.19. The van der Waals surface area contributed by atoms with Crippen molar-refractivity contribution in [1.82, 2.24) is 15.1 Å². The van der Waals surface area contributed by atoms with Gasteiger partial charge in [0.2, 0.25) is 11.7 Å². The summed E-state index contributed by atoms with van der Waals surface area (Å²) in [5, 5.41) is 4.08. The largest absolute Gasteiger partial charge is 0.339 e. The molecule has 2 N–H and O–H groups in total. The van der Waals surface area contributed by atoms with Gasteiger partial charge in [0.05, 0.1) is 5.92 Å². The maximum Gasteiger partial charge on any atom is 0.231 e. The normalized spacial score (nSPS) is 14.3. The van der Waals surface area contributed by atoms with E-state index in [2.05, 4.69) is 29.0 Å². The summed E-state index contributed by atoms with van der Waals surface area (Å²) in [6, 6.07) is 1.92. The van der Waals surface area contributed by atoms with Crippen LogP contribution in [-0.4, -0.2) is 21.2 Å². The molecule has 2 aromatic heterocycles. The highest BCUT2D eigenvalue weighted by Gasteiger charge is 2.22. The number of aryl methyl sites for hydroxylation is 1. The van der Waals surface area contributed by atoms with E-state index < -0.39 is 0 Å². The second-order valence-electron chi connectivity index (χ2n) is 4.72. The second-order valence-corrected chi connectivity index (χ2v) is 4.72. The van der Waals surface area contributed by atoms with E-state index in [1.54, 1.807) is 6.20 Å². The Hall–Kier alpha value is -1.75. The van der Waals surface area contributed by atoms with Crippen LogP contribution in [0.5, 0.6) is 0 Å². The zero-order valence-corrected chi connectivity index (χ0v) is 11.6. The van der Waals surface area contributed by atoms with Gasteiger partial charge in [-0.25, -0.2) is 0 Å². The molecule has 2 rings (SSSR count). The third-order valence-corrected chi connectivity index (χ3v) is 3.36. The molecular weight excluding hydrogens is 240 g/mol. The van der Waals surface area contributed by atoms with Gasteiger partial charge in [-0.15, -0.1) is 0 Å². The summed E-state index contributed by atoms with van der Waals surface area (Å²) in [6.07, 6.45) is 5.36. The molecule has 0 aliphatic carbocycles. The lowest BCUT2D eigenvalue weighted by Gasteiger charge is -2.13. The van der Waals surface area contributed by atoms with Gasteiger partial charge in [0.15, 0.2) is 0 Å². The van der Waals surface area contributed by atoms with Crippen molar-refractivity contribution in [2.45, 2.75) is 45.6 Å². The van der Waals surface area contributed by atoms with Crippen LogP contribution < -0.4 is 5.73 Å². The first-order valence-electron chi connectivity index (χ1n) is 6.69.